The standard InChI is InChI=1S/C9H8N2O2/c1-7-10-11-9(13-7)5-4-8-3-2-6-12-8/h2-6H,1H3/b5-4+. The predicted octanol–water partition coefficient (Wildman–Crippen LogP) is 2.14. The summed E-state index contributed by atoms with van der Waals surface area (Å²) in [7, 11) is 0. The average molecular weight is 176 g/mol. The topological polar surface area (TPSA) is 52.1 Å². The second kappa shape index (κ2) is 3.26. The molecule has 4 nitrogen and oxygen atoms in total. The van der Waals surface area contributed by atoms with Crippen LogP contribution in [0.25, 0.3) is 12.2 Å². The summed E-state index contributed by atoms with van der Waals surface area (Å²) in [5, 5.41) is 7.49. The minimum Gasteiger partial charge on any atom is -0.465 e. The fraction of sp³-hybridized carbons (Fsp3) is 0.111. The van der Waals surface area contributed by atoms with Gasteiger partial charge in [0.2, 0.25) is 11.8 Å². The summed E-state index contributed by atoms with van der Waals surface area (Å²) in [6.45, 7) is 1.75. The van der Waals surface area contributed by atoms with Crippen molar-refractivity contribution < 1.29 is 8.83 Å². The summed E-state index contributed by atoms with van der Waals surface area (Å²) in [5.74, 6) is 1.80. The van der Waals surface area contributed by atoms with Gasteiger partial charge in [-0.3, -0.25) is 0 Å². The normalized spacial score (nSPS) is 11.2. The highest BCUT2D eigenvalue weighted by atomic mass is 16.4. The molecule has 0 saturated heterocycles. The molecule has 0 atom stereocenters. The van der Waals surface area contributed by atoms with E-state index in [4.69, 9.17) is 8.83 Å². The Bertz CT molecular complexity index is 401. The third-order valence-corrected chi connectivity index (χ3v) is 1.48. The van der Waals surface area contributed by atoms with Crippen molar-refractivity contribution in [2.45, 2.75) is 6.92 Å². The van der Waals surface area contributed by atoms with Gasteiger partial charge in [-0.05, 0) is 18.2 Å². The van der Waals surface area contributed by atoms with E-state index < -0.39 is 0 Å². The van der Waals surface area contributed by atoms with E-state index >= 15 is 0 Å². The molecule has 0 aromatic carbocycles. The van der Waals surface area contributed by atoms with Crippen LogP contribution < -0.4 is 0 Å². The number of aromatic nitrogens is 2. The third-order valence-electron chi connectivity index (χ3n) is 1.48. The molecular weight excluding hydrogens is 168 g/mol. The Hall–Kier alpha value is -1.84. The average Bonchev–Trinajstić information content (AvgIpc) is 2.71. The minimum atomic E-state index is 0.480. The molecule has 0 spiro atoms. The van der Waals surface area contributed by atoms with Gasteiger partial charge in [-0.2, -0.15) is 0 Å². The van der Waals surface area contributed by atoms with Gasteiger partial charge in [-0.15, -0.1) is 10.2 Å². The van der Waals surface area contributed by atoms with Crippen molar-refractivity contribution in [3.05, 3.63) is 35.9 Å². The van der Waals surface area contributed by atoms with Gasteiger partial charge in [0.1, 0.15) is 5.76 Å². The first-order chi connectivity index (χ1) is 6.34. The van der Waals surface area contributed by atoms with Gasteiger partial charge in [-0.1, -0.05) is 0 Å². The molecule has 4 heteroatoms. The van der Waals surface area contributed by atoms with E-state index in [1.165, 1.54) is 0 Å². The van der Waals surface area contributed by atoms with Crippen LogP contribution in [0.3, 0.4) is 0 Å². The van der Waals surface area contributed by atoms with Gasteiger partial charge < -0.3 is 8.83 Å². The number of aryl methyl sites for hydroxylation is 1. The maximum absolute atomic E-state index is 5.13. The van der Waals surface area contributed by atoms with Crippen LogP contribution in [0.2, 0.25) is 0 Å². The molecule has 0 fully saturated rings. The molecule has 0 bridgehead atoms. The summed E-state index contributed by atoms with van der Waals surface area (Å²) in [6, 6.07) is 3.67. The number of hydrogen-bond acceptors (Lipinski definition) is 4. The van der Waals surface area contributed by atoms with E-state index in [9.17, 15) is 0 Å². The highest BCUT2D eigenvalue weighted by Gasteiger charge is 1.96. The fourth-order valence-electron chi connectivity index (χ4n) is 0.919. The van der Waals surface area contributed by atoms with Crippen LogP contribution in [-0.4, -0.2) is 10.2 Å². The first-order valence-corrected chi connectivity index (χ1v) is 3.86. The van der Waals surface area contributed by atoms with Crippen LogP contribution in [0.15, 0.2) is 27.2 Å². The highest BCUT2D eigenvalue weighted by Crippen LogP contribution is 2.06. The first-order valence-electron chi connectivity index (χ1n) is 3.86. The van der Waals surface area contributed by atoms with Gasteiger partial charge in [0.25, 0.3) is 0 Å². The molecule has 2 rings (SSSR count). The Morgan fingerprint density at radius 3 is 2.85 bits per heavy atom. The smallest absolute Gasteiger partial charge is 0.240 e. The van der Waals surface area contributed by atoms with E-state index in [2.05, 4.69) is 10.2 Å². The van der Waals surface area contributed by atoms with Gasteiger partial charge >= 0.3 is 0 Å². The van der Waals surface area contributed by atoms with Gasteiger partial charge in [0, 0.05) is 13.0 Å². The summed E-state index contributed by atoms with van der Waals surface area (Å²) in [6.07, 6.45) is 5.09. The van der Waals surface area contributed by atoms with Gasteiger partial charge in [0.05, 0.1) is 6.26 Å². The van der Waals surface area contributed by atoms with Gasteiger partial charge in [0.15, 0.2) is 0 Å². The molecule has 0 N–H and O–H groups in total. The second-order valence-corrected chi connectivity index (χ2v) is 2.51. The molecule has 0 unspecified atom stereocenters. The minimum absolute atomic E-state index is 0.480. The van der Waals surface area contributed by atoms with E-state index in [0.717, 1.165) is 5.76 Å². The van der Waals surface area contributed by atoms with Crippen molar-refractivity contribution in [1.82, 2.24) is 10.2 Å². The molecule has 2 aromatic rings. The Morgan fingerprint density at radius 1 is 1.31 bits per heavy atom. The van der Waals surface area contributed by atoms with Crippen LogP contribution >= 0.6 is 0 Å². The lowest BCUT2D eigenvalue weighted by Gasteiger charge is -1.81. The largest absolute Gasteiger partial charge is 0.465 e. The van der Waals surface area contributed by atoms with Gasteiger partial charge in [-0.25, -0.2) is 0 Å². The molecule has 0 saturated carbocycles. The maximum atomic E-state index is 5.13. The zero-order valence-corrected chi connectivity index (χ0v) is 7.10. The summed E-state index contributed by atoms with van der Waals surface area (Å²) in [5.41, 5.74) is 0. The zero-order valence-electron chi connectivity index (χ0n) is 7.10. The molecule has 0 aliphatic carbocycles. The molecule has 0 radical (unpaired) electrons. The van der Waals surface area contributed by atoms with Crippen molar-refractivity contribution in [3.8, 4) is 0 Å². The van der Waals surface area contributed by atoms with Crippen LogP contribution in [-0.2, 0) is 0 Å². The third kappa shape index (κ3) is 1.84. The lowest BCUT2D eigenvalue weighted by Crippen LogP contribution is -1.70. The SMILES string of the molecule is Cc1nnc(/C=C/c2ccco2)o1. The second-order valence-electron chi connectivity index (χ2n) is 2.51. The summed E-state index contributed by atoms with van der Waals surface area (Å²) < 4.78 is 10.2. The molecule has 13 heavy (non-hydrogen) atoms. The van der Waals surface area contributed by atoms with E-state index in [1.807, 2.05) is 12.1 Å². The lowest BCUT2D eigenvalue weighted by molar-refractivity contribution is 0.509. The quantitative estimate of drug-likeness (QED) is 0.703. The van der Waals surface area contributed by atoms with Crippen LogP contribution in [0.5, 0.6) is 0 Å². The van der Waals surface area contributed by atoms with Crippen LogP contribution in [0.4, 0.5) is 0 Å². The zero-order chi connectivity index (χ0) is 9.10. The Kier molecular flexibility index (Phi) is 1.96. The van der Waals surface area contributed by atoms with Crippen molar-refractivity contribution in [2.24, 2.45) is 0 Å². The number of nitrogens with zero attached hydrogens (tertiary/aromatic N) is 2. The fourth-order valence-corrected chi connectivity index (χ4v) is 0.919. The molecule has 2 heterocycles. The van der Waals surface area contributed by atoms with Crippen molar-refractivity contribution in [2.75, 3.05) is 0 Å². The van der Waals surface area contributed by atoms with E-state index in [1.54, 1.807) is 25.3 Å². The van der Waals surface area contributed by atoms with Crippen molar-refractivity contribution in [3.63, 3.8) is 0 Å². The predicted molar refractivity (Wildman–Crippen MR) is 46.7 cm³/mol. The monoisotopic (exact) mass is 176 g/mol. The number of rotatable bonds is 2. The summed E-state index contributed by atoms with van der Waals surface area (Å²) in [4.78, 5) is 0. The molecule has 66 valence electrons. The molecule has 0 aliphatic heterocycles. The molecule has 0 amide bonds. The van der Waals surface area contributed by atoms with Crippen LogP contribution in [0.1, 0.15) is 17.5 Å². The van der Waals surface area contributed by atoms with Crippen molar-refractivity contribution >= 4 is 12.2 Å². The first kappa shape index (κ1) is 7.79. The highest BCUT2D eigenvalue weighted by molar-refractivity contribution is 5.62. The van der Waals surface area contributed by atoms with Crippen LogP contribution in [0, 0.1) is 6.92 Å². The molecular formula is C9H8N2O2. The summed E-state index contributed by atoms with van der Waals surface area (Å²) >= 11 is 0. The number of furan rings is 1. The molecule has 0 aliphatic rings. The maximum Gasteiger partial charge on any atom is 0.240 e. The van der Waals surface area contributed by atoms with E-state index in [-0.39, 0.29) is 0 Å². The Morgan fingerprint density at radius 2 is 2.23 bits per heavy atom. The van der Waals surface area contributed by atoms with E-state index in [0.29, 0.717) is 11.8 Å². The van der Waals surface area contributed by atoms with Crippen molar-refractivity contribution in [1.29, 1.82) is 0 Å². The number of hydrogen-bond donors (Lipinski definition) is 0. The Labute approximate surface area is 74.9 Å². The lowest BCUT2D eigenvalue weighted by atomic mass is 10.4. The molecule has 2 aromatic heterocycles. The Balaban J connectivity index is 2.14.